The van der Waals surface area contributed by atoms with Gasteiger partial charge in [0.25, 0.3) is 0 Å². The summed E-state index contributed by atoms with van der Waals surface area (Å²) in [5.74, 6) is 1.76. The lowest BCUT2D eigenvalue weighted by atomic mass is 10.2. The summed E-state index contributed by atoms with van der Waals surface area (Å²) in [6.45, 7) is 5.13. The average molecular weight is 481 g/mol. The number of furan rings is 1. The Morgan fingerprint density at radius 2 is 2.19 bits per heavy atom. The van der Waals surface area contributed by atoms with Gasteiger partial charge in [-0.3, -0.25) is 4.99 Å². The molecular formula is C18H32IN3O4. The summed E-state index contributed by atoms with van der Waals surface area (Å²) in [5.41, 5.74) is 0. The molecule has 2 N–H and O–H groups in total. The predicted molar refractivity (Wildman–Crippen MR) is 112 cm³/mol. The monoisotopic (exact) mass is 481 g/mol. The molecule has 1 aromatic heterocycles. The van der Waals surface area contributed by atoms with Crippen molar-refractivity contribution in [1.29, 1.82) is 0 Å². The maximum Gasteiger partial charge on any atom is 0.191 e. The van der Waals surface area contributed by atoms with E-state index in [2.05, 4.69) is 15.6 Å². The molecule has 0 aromatic carbocycles. The summed E-state index contributed by atoms with van der Waals surface area (Å²) >= 11 is 0. The highest BCUT2D eigenvalue weighted by Gasteiger charge is 2.14. The van der Waals surface area contributed by atoms with E-state index >= 15 is 0 Å². The number of nitrogens with zero attached hydrogens (tertiary/aromatic N) is 1. The third-order valence-electron chi connectivity index (χ3n) is 3.89. The summed E-state index contributed by atoms with van der Waals surface area (Å²) in [6, 6.07) is 3.88. The zero-order valence-corrected chi connectivity index (χ0v) is 17.9. The topological polar surface area (TPSA) is 77.2 Å². The Bertz CT molecular complexity index is 465. The second kappa shape index (κ2) is 15.2. The van der Waals surface area contributed by atoms with Gasteiger partial charge in [-0.1, -0.05) is 0 Å². The van der Waals surface area contributed by atoms with Crippen LogP contribution >= 0.6 is 24.0 Å². The van der Waals surface area contributed by atoms with E-state index in [-0.39, 0.29) is 30.1 Å². The lowest BCUT2D eigenvalue weighted by Gasteiger charge is -2.12. The third kappa shape index (κ3) is 10.3. The summed E-state index contributed by atoms with van der Waals surface area (Å²) in [6.07, 6.45) is 5.96. The molecule has 1 aliphatic heterocycles. The largest absolute Gasteiger partial charge is 0.469 e. The van der Waals surface area contributed by atoms with E-state index < -0.39 is 0 Å². The molecular weight excluding hydrogens is 449 g/mol. The van der Waals surface area contributed by atoms with Crippen LogP contribution in [0.15, 0.2) is 27.8 Å². The summed E-state index contributed by atoms with van der Waals surface area (Å²) in [7, 11) is 1.69. The van der Waals surface area contributed by atoms with Crippen molar-refractivity contribution in [3.63, 3.8) is 0 Å². The van der Waals surface area contributed by atoms with E-state index in [1.165, 1.54) is 0 Å². The number of methoxy groups -OCH3 is 1. The number of hydrogen-bond donors (Lipinski definition) is 2. The van der Waals surface area contributed by atoms with Crippen LogP contribution in [0.1, 0.15) is 25.0 Å². The average Bonchev–Trinajstić information content (AvgIpc) is 3.31. The second-order valence-electron chi connectivity index (χ2n) is 5.97. The van der Waals surface area contributed by atoms with E-state index in [4.69, 9.17) is 18.6 Å². The Kier molecular flexibility index (Phi) is 13.6. The van der Waals surface area contributed by atoms with Crippen LogP contribution in [0.4, 0.5) is 0 Å². The molecule has 150 valence electrons. The molecule has 7 nitrogen and oxygen atoms in total. The molecule has 0 bridgehead atoms. The van der Waals surface area contributed by atoms with Crippen LogP contribution in [0.3, 0.4) is 0 Å². The molecule has 1 saturated heterocycles. The van der Waals surface area contributed by atoms with Gasteiger partial charge in [0.2, 0.25) is 0 Å². The van der Waals surface area contributed by atoms with Crippen molar-refractivity contribution >= 4 is 29.9 Å². The van der Waals surface area contributed by atoms with Crippen molar-refractivity contribution in [1.82, 2.24) is 10.6 Å². The van der Waals surface area contributed by atoms with Gasteiger partial charge in [0.15, 0.2) is 5.96 Å². The fourth-order valence-corrected chi connectivity index (χ4v) is 2.55. The quantitative estimate of drug-likeness (QED) is 0.206. The van der Waals surface area contributed by atoms with Crippen molar-refractivity contribution in [2.45, 2.75) is 31.8 Å². The normalized spacial score (nSPS) is 17.1. The second-order valence-corrected chi connectivity index (χ2v) is 5.97. The standard InChI is InChI=1S/C18H31N3O4.HI/c1-22-14-10-21-18(20-9-7-16-5-2-12-24-16)19-8-4-11-23-15-17-6-3-13-25-17;/h2,5,12,17H,3-4,6-11,13-15H2,1H3,(H2,19,20,21);1H. The van der Waals surface area contributed by atoms with Gasteiger partial charge in [-0.2, -0.15) is 0 Å². The maximum absolute atomic E-state index is 5.66. The van der Waals surface area contributed by atoms with Crippen molar-refractivity contribution in [2.75, 3.05) is 53.2 Å². The summed E-state index contributed by atoms with van der Waals surface area (Å²) in [4.78, 5) is 4.58. The van der Waals surface area contributed by atoms with Gasteiger partial charge in [-0.25, -0.2) is 0 Å². The van der Waals surface area contributed by atoms with E-state index in [0.717, 1.165) is 57.1 Å². The number of guanidine groups is 1. The summed E-state index contributed by atoms with van der Waals surface area (Å²) in [5, 5.41) is 6.57. The predicted octanol–water partition coefficient (Wildman–Crippen LogP) is 2.21. The minimum atomic E-state index is 0. The molecule has 1 fully saturated rings. The number of aliphatic imine (C=N–C) groups is 1. The van der Waals surface area contributed by atoms with Gasteiger partial charge < -0.3 is 29.3 Å². The zero-order valence-electron chi connectivity index (χ0n) is 15.6. The van der Waals surface area contributed by atoms with E-state index in [0.29, 0.717) is 26.4 Å². The number of nitrogens with one attached hydrogen (secondary N) is 2. The molecule has 2 heterocycles. The fraction of sp³-hybridized carbons (Fsp3) is 0.722. The highest BCUT2D eigenvalue weighted by Crippen LogP contribution is 2.11. The smallest absolute Gasteiger partial charge is 0.191 e. The van der Waals surface area contributed by atoms with Gasteiger partial charge in [0.05, 0.1) is 25.6 Å². The third-order valence-corrected chi connectivity index (χ3v) is 3.89. The zero-order chi connectivity index (χ0) is 17.6. The van der Waals surface area contributed by atoms with Crippen LogP contribution in [0.25, 0.3) is 0 Å². The van der Waals surface area contributed by atoms with Crippen molar-refractivity contribution in [2.24, 2.45) is 4.99 Å². The minimum absolute atomic E-state index is 0. The van der Waals surface area contributed by atoms with Crippen LogP contribution in [-0.4, -0.2) is 65.2 Å². The Morgan fingerprint density at radius 3 is 2.92 bits per heavy atom. The lowest BCUT2D eigenvalue weighted by Crippen LogP contribution is -2.40. The molecule has 26 heavy (non-hydrogen) atoms. The van der Waals surface area contributed by atoms with E-state index in [1.54, 1.807) is 13.4 Å². The van der Waals surface area contributed by atoms with E-state index in [9.17, 15) is 0 Å². The molecule has 0 spiro atoms. The van der Waals surface area contributed by atoms with Gasteiger partial charge >= 0.3 is 0 Å². The number of ether oxygens (including phenoxy) is 3. The summed E-state index contributed by atoms with van der Waals surface area (Å²) < 4.78 is 21.6. The number of hydrogen-bond acceptors (Lipinski definition) is 5. The molecule has 0 radical (unpaired) electrons. The highest BCUT2D eigenvalue weighted by atomic mass is 127. The first-order chi connectivity index (χ1) is 12.4. The van der Waals surface area contributed by atoms with Gasteiger partial charge in [-0.15, -0.1) is 24.0 Å². The minimum Gasteiger partial charge on any atom is -0.469 e. The number of rotatable bonds is 12. The first-order valence-corrected chi connectivity index (χ1v) is 9.11. The molecule has 1 aromatic rings. The lowest BCUT2D eigenvalue weighted by molar-refractivity contribution is 0.0171. The Balaban J connectivity index is 0.00000338. The SMILES string of the molecule is COCCNC(=NCCCOCC1CCCO1)NCCc1ccco1.I. The number of halogens is 1. The molecule has 0 amide bonds. The van der Waals surface area contributed by atoms with Crippen LogP contribution in [0.5, 0.6) is 0 Å². The van der Waals surface area contributed by atoms with Gasteiger partial charge in [0, 0.05) is 46.4 Å². The maximum atomic E-state index is 5.66. The molecule has 2 rings (SSSR count). The van der Waals surface area contributed by atoms with Crippen molar-refractivity contribution < 1.29 is 18.6 Å². The molecule has 0 aliphatic carbocycles. The van der Waals surface area contributed by atoms with E-state index in [1.807, 2.05) is 12.1 Å². The Hall–Kier alpha value is -0.840. The van der Waals surface area contributed by atoms with Gasteiger partial charge in [-0.05, 0) is 31.4 Å². The molecule has 8 heteroatoms. The van der Waals surface area contributed by atoms with Crippen LogP contribution in [0.2, 0.25) is 0 Å². The highest BCUT2D eigenvalue weighted by molar-refractivity contribution is 14.0. The fourth-order valence-electron chi connectivity index (χ4n) is 2.55. The van der Waals surface area contributed by atoms with Gasteiger partial charge in [0.1, 0.15) is 5.76 Å². The van der Waals surface area contributed by atoms with Crippen molar-refractivity contribution in [3.05, 3.63) is 24.2 Å². The molecule has 0 saturated carbocycles. The molecule has 1 atom stereocenters. The van der Waals surface area contributed by atoms with Crippen LogP contribution < -0.4 is 10.6 Å². The Morgan fingerprint density at radius 1 is 1.31 bits per heavy atom. The van der Waals surface area contributed by atoms with Crippen molar-refractivity contribution in [3.8, 4) is 0 Å². The first kappa shape index (κ1) is 23.2. The molecule has 1 aliphatic rings. The molecule has 1 unspecified atom stereocenters. The first-order valence-electron chi connectivity index (χ1n) is 9.11. The Labute approximate surface area is 173 Å². The van der Waals surface area contributed by atoms with Crippen LogP contribution in [-0.2, 0) is 20.6 Å². The van der Waals surface area contributed by atoms with Crippen LogP contribution in [0, 0.1) is 0 Å².